The number of piperazine rings is 1. The molecule has 0 spiro atoms. The highest BCUT2D eigenvalue weighted by molar-refractivity contribution is 5.74. The SMILES string of the molecule is O=C(NCc1ccccc1)N1CCN(Cc2ccc([N+](=O)[O-])o2)CC1. The third-order valence-corrected chi connectivity index (χ3v) is 4.15. The Labute approximate surface area is 145 Å². The van der Waals surface area contributed by atoms with Crippen LogP contribution in [0.3, 0.4) is 0 Å². The molecule has 0 aliphatic carbocycles. The molecule has 25 heavy (non-hydrogen) atoms. The largest absolute Gasteiger partial charge is 0.433 e. The van der Waals surface area contributed by atoms with Gasteiger partial charge in [0.05, 0.1) is 12.6 Å². The molecule has 1 aliphatic rings. The van der Waals surface area contributed by atoms with Gasteiger partial charge >= 0.3 is 11.9 Å². The molecule has 2 heterocycles. The highest BCUT2D eigenvalue weighted by Gasteiger charge is 2.22. The van der Waals surface area contributed by atoms with Crippen molar-refractivity contribution in [1.82, 2.24) is 15.1 Å². The number of hydrogen-bond acceptors (Lipinski definition) is 5. The van der Waals surface area contributed by atoms with Crippen molar-refractivity contribution in [1.29, 1.82) is 0 Å². The van der Waals surface area contributed by atoms with Crippen molar-refractivity contribution < 1.29 is 14.1 Å². The Balaban J connectivity index is 1.43. The Kier molecular flexibility index (Phi) is 5.30. The van der Waals surface area contributed by atoms with Crippen LogP contribution in [0.25, 0.3) is 0 Å². The minimum absolute atomic E-state index is 0.0721. The van der Waals surface area contributed by atoms with Crippen molar-refractivity contribution in [3.63, 3.8) is 0 Å². The van der Waals surface area contributed by atoms with Crippen LogP contribution in [0, 0.1) is 10.1 Å². The number of nitrogens with one attached hydrogen (secondary N) is 1. The summed E-state index contributed by atoms with van der Waals surface area (Å²) in [5, 5.41) is 13.6. The first-order valence-corrected chi connectivity index (χ1v) is 8.14. The fourth-order valence-electron chi connectivity index (χ4n) is 2.76. The van der Waals surface area contributed by atoms with E-state index in [-0.39, 0.29) is 11.9 Å². The molecule has 0 bridgehead atoms. The average Bonchev–Trinajstić information content (AvgIpc) is 3.10. The molecule has 0 unspecified atom stereocenters. The van der Waals surface area contributed by atoms with E-state index in [0.717, 1.165) is 5.56 Å². The van der Waals surface area contributed by atoms with E-state index >= 15 is 0 Å². The van der Waals surface area contributed by atoms with Gasteiger partial charge in [-0.3, -0.25) is 15.0 Å². The minimum Gasteiger partial charge on any atom is -0.404 e. The molecule has 0 atom stereocenters. The van der Waals surface area contributed by atoms with Crippen LogP contribution in [-0.4, -0.2) is 46.9 Å². The van der Waals surface area contributed by atoms with Gasteiger partial charge in [-0.2, -0.15) is 0 Å². The number of carbonyl (C=O) groups is 1. The summed E-state index contributed by atoms with van der Waals surface area (Å²) in [6.45, 7) is 3.65. The van der Waals surface area contributed by atoms with Crippen molar-refractivity contribution >= 4 is 11.9 Å². The summed E-state index contributed by atoms with van der Waals surface area (Å²) < 4.78 is 5.18. The highest BCUT2D eigenvalue weighted by Crippen LogP contribution is 2.17. The van der Waals surface area contributed by atoms with Crippen molar-refractivity contribution in [3.05, 3.63) is 63.9 Å². The molecule has 0 saturated carbocycles. The summed E-state index contributed by atoms with van der Waals surface area (Å²) >= 11 is 0. The van der Waals surface area contributed by atoms with E-state index in [2.05, 4.69) is 10.2 Å². The molecule has 2 aromatic rings. The molecule has 1 aliphatic heterocycles. The summed E-state index contributed by atoms with van der Waals surface area (Å²) in [5.74, 6) is 0.322. The van der Waals surface area contributed by atoms with Crippen molar-refractivity contribution in [2.75, 3.05) is 26.2 Å². The zero-order valence-corrected chi connectivity index (χ0v) is 13.8. The predicted octanol–water partition coefficient (Wildman–Crippen LogP) is 2.22. The summed E-state index contributed by atoms with van der Waals surface area (Å²) in [5.41, 5.74) is 1.06. The summed E-state index contributed by atoms with van der Waals surface area (Å²) in [4.78, 5) is 26.2. The van der Waals surface area contributed by atoms with Gasteiger partial charge in [0.1, 0.15) is 10.7 Å². The Bertz CT molecular complexity index is 723. The number of urea groups is 1. The third-order valence-electron chi connectivity index (χ3n) is 4.15. The lowest BCUT2D eigenvalue weighted by Crippen LogP contribution is -2.51. The van der Waals surface area contributed by atoms with Crippen LogP contribution in [0.15, 0.2) is 46.9 Å². The predicted molar refractivity (Wildman–Crippen MR) is 90.9 cm³/mol. The van der Waals surface area contributed by atoms with Crippen LogP contribution < -0.4 is 5.32 Å². The van der Waals surface area contributed by atoms with Crippen molar-refractivity contribution in [2.45, 2.75) is 13.1 Å². The van der Waals surface area contributed by atoms with Crippen LogP contribution in [0.4, 0.5) is 10.7 Å². The first kappa shape index (κ1) is 17.0. The van der Waals surface area contributed by atoms with Crippen LogP contribution in [0.5, 0.6) is 0 Å². The molecule has 1 fully saturated rings. The fourth-order valence-corrected chi connectivity index (χ4v) is 2.76. The lowest BCUT2D eigenvalue weighted by Gasteiger charge is -2.34. The van der Waals surface area contributed by atoms with Gasteiger partial charge < -0.3 is 14.6 Å². The number of furan rings is 1. The Morgan fingerprint density at radius 3 is 2.48 bits per heavy atom. The number of carbonyl (C=O) groups excluding carboxylic acids is 1. The molecule has 0 radical (unpaired) electrons. The molecule has 3 rings (SSSR count). The van der Waals surface area contributed by atoms with Gasteiger partial charge in [0.15, 0.2) is 0 Å². The molecular formula is C17H20N4O4. The lowest BCUT2D eigenvalue weighted by atomic mass is 10.2. The standard InChI is InChI=1S/C17H20N4O4/c22-17(18-12-14-4-2-1-3-5-14)20-10-8-19(9-11-20)13-15-6-7-16(25-15)21(23)24/h1-7H,8-13H2,(H,18,22). The maximum absolute atomic E-state index is 12.2. The van der Waals surface area contributed by atoms with Gasteiger partial charge in [-0.25, -0.2) is 4.79 Å². The molecule has 8 heteroatoms. The van der Waals surface area contributed by atoms with E-state index in [4.69, 9.17) is 4.42 Å². The smallest absolute Gasteiger partial charge is 0.404 e. The Morgan fingerprint density at radius 1 is 1.12 bits per heavy atom. The van der Waals surface area contributed by atoms with Crippen LogP contribution in [0.2, 0.25) is 0 Å². The molecule has 1 aromatic carbocycles. The van der Waals surface area contributed by atoms with E-state index in [1.165, 1.54) is 6.07 Å². The molecule has 2 amide bonds. The number of rotatable bonds is 5. The second kappa shape index (κ2) is 7.80. The average molecular weight is 344 g/mol. The first-order valence-electron chi connectivity index (χ1n) is 8.14. The van der Waals surface area contributed by atoms with Gasteiger partial charge in [0.2, 0.25) is 0 Å². The van der Waals surface area contributed by atoms with E-state index in [1.54, 1.807) is 11.0 Å². The molecule has 1 saturated heterocycles. The van der Waals surface area contributed by atoms with Gasteiger partial charge in [-0.1, -0.05) is 30.3 Å². The molecule has 1 N–H and O–H groups in total. The van der Waals surface area contributed by atoms with Crippen molar-refractivity contribution in [3.8, 4) is 0 Å². The van der Waals surface area contributed by atoms with E-state index in [9.17, 15) is 14.9 Å². The van der Waals surface area contributed by atoms with Crippen molar-refractivity contribution in [2.24, 2.45) is 0 Å². The van der Waals surface area contributed by atoms with Gasteiger partial charge in [0, 0.05) is 32.7 Å². The quantitative estimate of drug-likeness (QED) is 0.663. The van der Waals surface area contributed by atoms with Crippen LogP contribution in [-0.2, 0) is 13.1 Å². The van der Waals surface area contributed by atoms with Gasteiger partial charge in [-0.05, 0) is 11.6 Å². The van der Waals surface area contributed by atoms with E-state index in [0.29, 0.717) is 45.0 Å². The number of benzene rings is 1. The Morgan fingerprint density at radius 2 is 1.84 bits per heavy atom. The number of nitrogens with zero attached hydrogens (tertiary/aromatic N) is 3. The number of hydrogen-bond donors (Lipinski definition) is 1. The Hall–Kier alpha value is -2.87. The summed E-state index contributed by atoms with van der Waals surface area (Å²) in [6, 6.07) is 12.7. The number of amides is 2. The third kappa shape index (κ3) is 4.57. The normalized spacial score (nSPS) is 15.1. The second-order valence-electron chi connectivity index (χ2n) is 5.90. The maximum Gasteiger partial charge on any atom is 0.433 e. The fraction of sp³-hybridized carbons (Fsp3) is 0.353. The second-order valence-corrected chi connectivity index (χ2v) is 5.90. The van der Waals surface area contributed by atoms with E-state index < -0.39 is 4.92 Å². The van der Waals surface area contributed by atoms with Gasteiger partial charge in [-0.15, -0.1) is 0 Å². The van der Waals surface area contributed by atoms with Gasteiger partial charge in [0.25, 0.3) is 0 Å². The van der Waals surface area contributed by atoms with Crippen LogP contribution in [0.1, 0.15) is 11.3 Å². The number of nitro groups is 1. The topological polar surface area (TPSA) is 91.9 Å². The lowest BCUT2D eigenvalue weighted by molar-refractivity contribution is -0.402. The zero-order chi connectivity index (χ0) is 17.6. The molecule has 1 aromatic heterocycles. The summed E-state index contributed by atoms with van der Waals surface area (Å²) in [6.07, 6.45) is 0. The van der Waals surface area contributed by atoms with E-state index in [1.807, 2.05) is 30.3 Å². The minimum atomic E-state index is -0.543. The summed E-state index contributed by atoms with van der Waals surface area (Å²) in [7, 11) is 0. The first-order chi connectivity index (χ1) is 12.1. The van der Waals surface area contributed by atoms with Crippen LogP contribution >= 0.6 is 0 Å². The molecule has 132 valence electrons. The highest BCUT2D eigenvalue weighted by atomic mass is 16.6. The molecular weight excluding hydrogens is 324 g/mol. The maximum atomic E-state index is 12.2. The monoisotopic (exact) mass is 344 g/mol. The zero-order valence-electron chi connectivity index (χ0n) is 13.8. The molecule has 8 nitrogen and oxygen atoms in total.